The standard InChI is InChI=1S/C20H24N2O/c1-3-15(2)22(14-16-7-5-4-6-8-16)20(23)17-9-10-18-12-21-13-19(18)11-17/h4-11,15,21H,3,12-14H2,1-2H3. The van der Waals surface area contributed by atoms with E-state index in [4.69, 9.17) is 0 Å². The number of nitrogens with zero attached hydrogens (tertiary/aromatic N) is 1. The predicted molar refractivity (Wildman–Crippen MR) is 93.1 cm³/mol. The van der Waals surface area contributed by atoms with E-state index >= 15 is 0 Å². The molecule has 2 aromatic carbocycles. The highest BCUT2D eigenvalue weighted by atomic mass is 16.2. The van der Waals surface area contributed by atoms with E-state index in [-0.39, 0.29) is 11.9 Å². The van der Waals surface area contributed by atoms with Crippen molar-refractivity contribution in [2.45, 2.75) is 45.9 Å². The zero-order chi connectivity index (χ0) is 16.2. The highest BCUT2D eigenvalue weighted by Crippen LogP contribution is 2.20. The van der Waals surface area contributed by atoms with Gasteiger partial charge >= 0.3 is 0 Å². The van der Waals surface area contributed by atoms with Gasteiger partial charge in [-0.15, -0.1) is 0 Å². The number of rotatable bonds is 5. The third-order valence-electron chi connectivity index (χ3n) is 4.66. The molecule has 1 heterocycles. The van der Waals surface area contributed by atoms with E-state index in [1.807, 2.05) is 29.2 Å². The topological polar surface area (TPSA) is 32.3 Å². The van der Waals surface area contributed by atoms with Gasteiger partial charge in [-0.05, 0) is 42.2 Å². The van der Waals surface area contributed by atoms with Crippen LogP contribution >= 0.6 is 0 Å². The van der Waals surface area contributed by atoms with Crippen molar-refractivity contribution < 1.29 is 4.79 Å². The van der Waals surface area contributed by atoms with Gasteiger partial charge in [0.25, 0.3) is 5.91 Å². The number of carbonyl (C=O) groups excluding carboxylic acids is 1. The Labute approximate surface area is 138 Å². The van der Waals surface area contributed by atoms with Crippen molar-refractivity contribution in [2.75, 3.05) is 0 Å². The van der Waals surface area contributed by atoms with Gasteiger partial charge in [0.2, 0.25) is 0 Å². The average Bonchev–Trinajstić information content (AvgIpc) is 3.07. The smallest absolute Gasteiger partial charge is 0.254 e. The molecule has 0 saturated heterocycles. The normalized spacial score (nSPS) is 14.3. The maximum atomic E-state index is 13.1. The Hall–Kier alpha value is -2.13. The van der Waals surface area contributed by atoms with Crippen LogP contribution in [-0.4, -0.2) is 16.8 Å². The third kappa shape index (κ3) is 3.45. The first kappa shape index (κ1) is 15.8. The molecule has 3 heteroatoms. The molecular weight excluding hydrogens is 284 g/mol. The van der Waals surface area contributed by atoms with Gasteiger partial charge in [0, 0.05) is 31.2 Å². The highest BCUT2D eigenvalue weighted by Gasteiger charge is 2.22. The number of fused-ring (bicyclic) bond motifs is 1. The van der Waals surface area contributed by atoms with Crippen LogP contribution in [0.4, 0.5) is 0 Å². The maximum Gasteiger partial charge on any atom is 0.254 e. The molecule has 1 atom stereocenters. The summed E-state index contributed by atoms with van der Waals surface area (Å²) in [5, 5.41) is 3.33. The molecule has 3 rings (SSSR count). The molecule has 2 aromatic rings. The van der Waals surface area contributed by atoms with Crippen molar-refractivity contribution in [2.24, 2.45) is 0 Å². The molecule has 1 aliphatic rings. The van der Waals surface area contributed by atoms with Crippen molar-refractivity contribution in [3.8, 4) is 0 Å². The molecule has 3 nitrogen and oxygen atoms in total. The Morgan fingerprint density at radius 2 is 1.87 bits per heavy atom. The second kappa shape index (κ2) is 6.97. The lowest BCUT2D eigenvalue weighted by Crippen LogP contribution is -2.37. The Bertz CT molecular complexity index is 681. The lowest BCUT2D eigenvalue weighted by Gasteiger charge is -2.29. The molecule has 1 aliphatic heterocycles. The van der Waals surface area contributed by atoms with Crippen molar-refractivity contribution >= 4 is 5.91 Å². The lowest BCUT2D eigenvalue weighted by molar-refractivity contribution is 0.0671. The van der Waals surface area contributed by atoms with Crippen LogP contribution in [0.3, 0.4) is 0 Å². The van der Waals surface area contributed by atoms with E-state index in [1.54, 1.807) is 0 Å². The molecule has 0 aliphatic carbocycles. The van der Waals surface area contributed by atoms with Crippen LogP contribution in [0, 0.1) is 0 Å². The molecule has 1 unspecified atom stereocenters. The summed E-state index contributed by atoms with van der Waals surface area (Å²) >= 11 is 0. The predicted octanol–water partition coefficient (Wildman–Crippen LogP) is 3.73. The van der Waals surface area contributed by atoms with Crippen LogP contribution in [0.2, 0.25) is 0 Å². The zero-order valence-electron chi connectivity index (χ0n) is 13.9. The maximum absolute atomic E-state index is 13.1. The summed E-state index contributed by atoms with van der Waals surface area (Å²) < 4.78 is 0. The summed E-state index contributed by atoms with van der Waals surface area (Å²) in [4.78, 5) is 15.0. The van der Waals surface area contributed by atoms with Gasteiger partial charge in [-0.3, -0.25) is 4.79 Å². The van der Waals surface area contributed by atoms with E-state index in [2.05, 4.69) is 43.4 Å². The quantitative estimate of drug-likeness (QED) is 0.913. The molecule has 0 bridgehead atoms. The summed E-state index contributed by atoms with van der Waals surface area (Å²) in [5.74, 6) is 0.123. The fraction of sp³-hybridized carbons (Fsp3) is 0.350. The van der Waals surface area contributed by atoms with Crippen LogP contribution in [0.15, 0.2) is 48.5 Å². The van der Waals surface area contributed by atoms with Gasteiger partial charge in [0.05, 0.1) is 0 Å². The Morgan fingerprint density at radius 1 is 1.13 bits per heavy atom. The Morgan fingerprint density at radius 3 is 2.61 bits per heavy atom. The second-order valence-corrected chi connectivity index (χ2v) is 6.26. The van der Waals surface area contributed by atoms with Gasteiger partial charge < -0.3 is 10.2 Å². The SMILES string of the molecule is CCC(C)N(Cc1ccccc1)C(=O)c1ccc2c(c1)CNC2. The molecule has 0 radical (unpaired) electrons. The highest BCUT2D eigenvalue weighted by molar-refractivity contribution is 5.94. The number of amides is 1. The van der Waals surface area contributed by atoms with Crippen LogP contribution in [0.5, 0.6) is 0 Å². The summed E-state index contributed by atoms with van der Waals surface area (Å²) in [6.45, 7) is 6.67. The molecule has 23 heavy (non-hydrogen) atoms. The molecule has 0 aromatic heterocycles. The van der Waals surface area contributed by atoms with E-state index in [9.17, 15) is 4.79 Å². The monoisotopic (exact) mass is 308 g/mol. The van der Waals surface area contributed by atoms with Crippen LogP contribution < -0.4 is 5.32 Å². The van der Waals surface area contributed by atoms with Crippen LogP contribution in [-0.2, 0) is 19.6 Å². The van der Waals surface area contributed by atoms with E-state index in [0.717, 1.165) is 25.1 Å². The Balaban J connectivity index is 1.85. The van der Waals surface area contributed by atoms with Crippen molar-refractivity contribution in [1.82, 2.24) is 10.2 Å². The first-order valence-electron chi connectivity index (χ1n) is 8.36. The molecule has 0 saturated carbocycles. The van der Waals surface area contributed by atoms with Crippen molar-refractivity contribution in [3.05, 3.63) is 70.8 Å². The summed E-state index contributed by atoms with van der Waals surface area (Å²) in [7, 11) is 0. The molecule has 1 amide bonds. The minimum Gasteiger partial charge on any atom is -0.332 e. The Kier molecular flexibility index (Phi) is 4.77. The summed E-state index contributed by atoms with van der Waals surface area (Å²) in [6, 6.07) is 16.5. The van der Waals surface area contributed by atoms with E-state index in [1.165, 1.54) is 16.7 Å². The number of hydrogen-bond acceptors (Lipinski definition) is 2. The van der Waals surface area contributed by atoms with Gasteiger partial charge in [-0.2, -0.15) is 0 Å². The first-order chi connectivity index (χ1) is 11.2. The summed E-state index contributed by atoms with van der Waals surface area (Å²) in [5.41, 5.74) is 4.52. The van der Waals surface area contributed by atoms with Gasteiger partial charge in [-0.1, -0.05) is 43.3 Å². The first-order valence-corrected chi connectivity index (χ1v) is 8.36. The largest absolute Gasteiger partial charge is 0.332 e. The minimum atomic E-state index is 0.123. The molecular formula is C20H24N2O. The van der Waals surface area contributed by atoms with Crippen LogP contribution in [0.25, 0.3) is 0 Å². The fourth-order valence-electron chi connectivity index (χ4n) is 3.02. The number of hydrogen-bond donors (Lipinski definition) is 1. The zero-order valence-corrected chi connectivity index (χ0v) is 13.9. The molecule has 0 fully saturated rings. The van der Waals surface area contributed by atoms with Gasteiger partial charge in [0.15, 0.2) is 0 Å². The van der Waals surface area contributed by atoms with Crippen molar-refractivity contribution in [3.63, 3.8) is 0 Å². The van der Waals surface area contributed by atoms with Crippen molar-refractivity contribution in [1.29, 1.82) is 0 Å². The average molecular weight is 308 g/mol. The van der Waals surface area contributed by atoms with Gasteiger partial charge in [0.1, 0.15) is 0 Å². The fourth-order valence-corrected chi connectivity index (χ4v) is 3.02. The third-order valence-corrected chi connectivity index (χ3v) is 4.66. The van der Waals surface area contributed by atoms with E-state index in [0.29, 0.717) is 6.54 Å². The van der Waals surface area contributed by atoms with Crippen LogP contribution in [0.1, 0.15) is 47.3 Å². The number of nitrogens with one attached hydrogen (secondary N) is 1. The number of benzene rings is 2. The molecule has 1 N–H and O–H groups in total. The molecule has 0 spiro atoms. The molecule has 120 valence electrons. The lowest BCUT2D eigenvalue weighted by atomic mass is 10.0. The van der Waals surface area contributed by atoms with Gasteiger partial charge in [-0.25, -0.2) is 0 Å². The second-order valence-electron chi connectivity index (χ2n) is 6.26. The minimum absolute atomic E-state index is 0.123. The summed E-state index contributed by atoms with van der Waals surface area (Å²) in [6.07, 6.45) is 0.949. The van der Waals surface area contributed by atoms with E-state index < -0.39 is 0 Å². The number of carbonyl (C=O) groups is 1.